The van der Waals surface area contributed by atoms with Crippen molar-refractivity contribution in [2.45, 2.75) is 19.9 Å². The van der Waals surface area contributed by atoms with Gasteiger partial charge in [0.25, 0.3) is 0 Å². The summed E-state index contributed by atoms with van der Waals surface area (Å²) in [6.07, 6.45) is 0. The number of nitrogens with one attached hydrogen (secondary N) is 1. The van der Waals surface area contributed by atoms with E-state index in [2.05, 4.69) is 5.32 Å². The molecule has 1 amide bonds. The first-order valence-electron chi connectivity index (χ1n) is 6.44. The number of ether oxygens (including phenoxy) is 1. The van der Waals surface area contributed by atoms with Gasteiger partial charge in [-0.3, -0.25) is 9.69 Å². The van der Waals surface area contributed by atoms with Gasteiger partial charge in [-0.15, -0.1) is 0 Å². The van der Waals surface area contributed by atoms with Crippen LogP contribution >= 0.6 is 23.2 Å². The van der Waals surface area contributed by atoms with Gasteiger partial charge in [-0.1, -0.05) is 23.2 Å². The molecule has 0 radical (unpaired) electrons. The Labute approximate surface area is 130 Å². The number of amides is 1. The molecule has 20 heavy (non-hydrogen) atoms. The van der Waals surface area contributed by atoms with E-state index in [0.717, 1.165) is 0 Å². The van der Waals surface area contributed by atoms with Crippen molar-refractivity contribution in [3.8, 4) is 5.75 Å². The minimum atomic E-state index is 0.00650. The Hall–Kier alpha value is -0.970. The average molecular weight is 319 g/mol. The molecule has 0 saturated carbocycles. The van der Waals surface area contributed by atoms with Crippen LogP contribution in [0.3, 0.4) is 0 Å². The highest BCUT2D eigenvalue weighted by atomic mass is 35.5. The van der Waals surface area contributed by atoms with E-state index in [0.29, 0.717) is 35.5 Å². The number of carbonyl (C=O) groups is 1. The number of nitrogens with zero attached hydrogens (tertiary/aromatic N) is 1. The van der Waals surface area contributed by atoms with Gasteiger partial charge in [0.1, 0.15) is 12.4 Å². The Balaban J connectivity index is 2.31. The molecule has 6 heteroatoms. The molecule has 1 aromatic rings. The zero-order valence-corrected chi connectivity index (χ0v) is 13.5. The molecule has 0 aliphatic rings. The first-order valence-corrected chi connectivity index (χ1v) is 7.20. The Bertz CT molecular complexity index is 453. The minimum absolute atomic E-state index is 0.00650. The van der Waals surface area contributed by atoms with Crippen LogP contribution in [0.2, 0.25) is 10.0 Å². The fourth-order valence-corrected chi connectivity index (χ4v) is 2.06. The highest BCUT2D eigenvalue weighted by Gasteiger charge is 2.08. The van der Waals surface area contributed by atoms with Crippen LogP contribution < -0.4 is 10.1 Å². The van der Waals surface area contributed by atoms with Crippen LogP contribution in [-0.4, -0.2) is 43.6 Å². The largest absolute Gasteiger partial charge is 0.491 e. The maximum Gasteiger partial charge on any atom is 0.234 e. The maximum absolute atomic E-state index is 11.6. The summed E-state index contributed by atoms with van der Waals surface area (Å²) in [4.78, 5) is 13.4. The van der Waals surface area contributed by atoms with Gasteiger partial charge in [0.05, 0.1) is 11.6 Å². The van der Waals surface area contributed by atoms with Gasteiger partial charge < -0.3 is 10.1 Å². The standard InChI is InChI=1S/C14H20Cl2N2O2/c1-10(2)17-14(19)9-18(3)6-7-20-13-5-4-11(15)8-12(13)16/h4-5,8,10H,6-7,9H2,1-3H3,(H,17,19). The normalized spacial score (nSPS) is 10.9. The molecular weight excluding hydrogens is 299 g/mol. The molecule has 0 saturated heterocycles. The fourth-order valence-electron chi connectivity index (χ4n) is 1.60. The highest BCUT2D eigenvalue weighted by molar-refractivity contribution is 6.35. The van der Waals surface area contributed by atoms with Crippen molar-refractivity contribution in [3.63, 3.8) is 0 Å². The van der Waals surface area contributed by atoms with E-state index in [1.807, 2.05) is 25.8 Å². The lowest BCUT2D eigenvalue weighted by atomic mass is 10.3. The van der Waals surface area contributed by atoms with Crippen LogP contribution in [0.25, 0.3) is 0 Å². The molecule has 0 bridgehead atoms. The van der Waals surface area contributed by atoms with E-state index in [9.17, 15) is 4.79 Å². The fraction of sp³-hybridized carbons (Fsp3) is 0.500. The number of likely N-dealkylation sites (N-methyl/N-ethyl adjacent to an activating group) is 1. The highest BCUT2D eigenvalue weighted by Crippen LogP contribution is 2.27. The summed E-state index contributed by atoms with van der Waals surface area (Å²) in [5.41, 5.74) is 0. The molecule has 0 aliphatic carbocycles. The quantitative estimate of drug-likeness (QED) is 0.840. The van der Waals surface area contributed by atoms with Gasteiger partial charge in [0.15, 0.2) is 0 Å². The summed E-state index contributed by atoms with van der Waals surface area (Å²) in [5.74, 6) is 0.600. The summed E-state index contributed by atoms with van der Waals surface area (Å²) >= 11 is 11.8. The molecule has 1 rings (SSSR count). The first kappa shape index (κ1) is 17.1. The Morgan fingerprint density at radius 2 is 2.10 bits per heavy atom. The second-order valence-electron chi connectivity index (χ2n) is 4.88. The topological polar surface area (TPSA) is 41.6 Å². The van der Waals surface area contributed by atoms with Gasteiger partial charge in [0.2, 0.25) is 5.91 Å². The van der Waals surface area contributed by atoms with Gasteiger partial charge in [0, 0.05) is 17.6 Å². The summed E-state index contributed by atoms with van der Waals surface area (Å²) in [5, 5.41) is 3.90. The molecule has 0 fully saturated rings. The van der Waals surface area contributed by atoms with Crippen LogP contribution in [0.15, 0.2) is 18.2 Å². The SMILES string of the molecule is CC(C)NC(=O)CN(C)CCOc1ccc(Cl)cc1Cl. The third kappa shape index (κ3) is 6.46. The zero-order chi connectivity index (χ0) is 15.1. The van der Waals surface area contributed by atoms with Crippen LogP contribution in [0.4, 0.5) is 0 Å². The Morgan fingerprint density at radius 1 is 1.40 bits per heavy atom. The van der Waals surface area contributed by atoms with Crippen molar-refractivity contribution in [2.75, 3.05) is 26.7 Å². The van der Waals surface area contributed by atoms with Gasteiger partial charge >= 0.3 is 0 Å². The second-order valence-corrected chi connectivity index (χ2v) is 5.73. The van der Waals surface area contributed by atoms with Crippen molar-refractivity contribution in [1.29, 1.82) is 0 Å². The third-order valence-electron chi connectivity index (χ3n) is 2.49. The average Bonchev–Trinajstić information content (AvgIpc) is 2.30. The van der Waals surface area contributed by atoms with E-state index in [1.165, 1.54) is 0 Å². The van der Waals surface area contributed by atoms with Crippen molar-refractivity contribution in [1.82, 2.24) is 10.2 Å². The number of hydrogen-bond donors (Lipinski definition) is 1. The molecule has 1 N–H and O–H groups in total. The van der Waals surface area contributed by atoms with Crippen LogP contribution in [0.1, 0.15) is 13.8 Å². The molecule has 0 heterocycles. The lowest BCUT2D eigenvalue weighted by Gasteiger charge is -2.18. The first-order chi connectivity index (χ1) is 9.38. The molecule has 0 unspecified atom stereocenters. The van der Waals surface area contributed by atoms with Gasteiger partial charge in [-0.25, -0.2) is 0 Å². The molecule has 1 aromatic carbocycles. The van der Waals surface area contributed by atoms with E-state index in [-0.39, 0.29) is 11.9 Å². The summed E-state index contributed by atoms with van der Waals surface area (Å²) in [6.45, 7) is 5.29. The molecular formula is C14H20Cl2N2O2. The molecule has 0 aromatic heterocycles. The van der Waals surface area contributed by atoms with Crippen molar-refractivity contribution in [3.05, 3.63) is 28.2 Å². The lowest BCUT2D eigenvalue weighted by molar-refractivity contribution is -0.122. The van der Waals surface area contributed by atoms with E-state index in [4.69, 9.17) is 27.9 Å². The van der Waals surface area contributed by atoms with Crippen LogP contribution in [0, 0.1) is 0 Å². The van der Waals surface area contributed by atoms with Gasteiger partial charge in [-0.2, -0.15) is 0 Å². The maximum atomic E-state index is 11.6. The number of benzene rings is 1. The monoisotopic (exact) mass is 318 g/mol. The molecule has 4 nitrogen and oxygen atoms in total. The van der Waals surface area contributed by atoms with E-state index >= 15 is 0 Å². The molecule has 0 atom stereocenters. The van der Waals surface area contributed by atoms with Crippen molar-refractivity contribution < 1.29 is 9.53 Å². The number of rotatable bonds is 7. The van der Waals surface area contributed by atoms with Crippen LogP contribution in [0.5, 0.6) is 5.75 Å². The molecule has 0 aliphatic heterocycles. The van der Waals surface area contributed by atoms with E-state index < -0.39 is 0 Å². The number of halogens is 2. The zero-order valence-electron chi connectivity index (χ0n) is 12.0. The molecule has 112 valence electrons. The lowest BCUT2D eigenvalue weighted by Crippen LogP contribution is -2.39. The third-order valence-corrected chi connectivity index (χ3v) is 3.02. The van der Waals surface area contributed by atoms with Gasteiger partial charge in [-0.05, 0) is 39.1 Å². The number of carbonyl (C=O) groups excluding carboxylic acids is 1. The van der Waals surface area contributed by atoms with Crippen LogP contribution in [-0.2, 0) is 4.79 Å². The van der Waals surface area contributed by atoms with Crippen molar-refractivity contribution >= 4 is 29.1 Å². The second kappa shape index (κ2) is 8.35. The number of hydrogen-bond acceptors (Lipinski definition) is 3. The molecule has 0 spiro atoms. The summed E-state index contributed by atoms with van der Waals surface area (Å²) in [6, 6.07) is 5.25. The Kier molecular flexibility index (Phi) is 7.13. The smallest absolute Gasteiger partial charge is 0.234 e. The van der Waals surface area contributed by atoms with E-state index in [1.54, 1.807) is 18.2 Å². The van der Waals surface area contributed by atoms with Crippen molar-refractivity contribution in [2.24, 2.45) is 0 Å². The Morgan fingerprint density at radius 3 is 2.70 bits per heavy atom. The summed E-state index contributed by atoms with van der Waals surface area (Å²) in [7, 11) is 1.87. The predicted molar refractivity (Wildman–Crippen MR) is 82.7 cm³/mol. The predicted octanol–water partition coefficient (Wildman–Crippen LogP) is 2.83. The summed E-state index contributed by atoms with van der Waals surface area (Å²) < 4.78 is 5.56. The minimum Gasteiger partial charge on any atom is -0.491 e.